The van der Waals surface area contributed by atoms with Gasteiger partial charge in [-0.15, -0.1) is 0 Å². The molecule has 0 radical (unpaired) electrons. The fourth-order valence-corrected chi connectivity index (χ4v) is 2.46. The normalized spacial score (nSPS) is 23.9. The number of ether oxygens (including phenoxy) is 1. The molecule has 1 aromatic rings. The van der Waals surface area contributed by atoms with Gasteiger partial charge >= 0.3 is 0 Å². The lowest BCUT2D eigenvalue weighted by Gasteiger charge is -2.19. The highest BCUT2D eigenvalue weighted by Gasteiger charge is 2.30. The summed E-state index contributed by atoms with van der Waals surface area (Å²) in [5.41, 5.74) is 1.09. The highest BCUT2D eigenvalue weighted by molar-refractivity contribution is 5.80. The molecule has 0 bridgehead atoms. The number of carbonyl (C=O) groups excluding carboxylic acids is 1. The third-order valence-electron chi connectivity index (χ3n) is 3.83. The van der Waals surface area contributed by atoms with Gasteiger partial charge in [0.1, 0.15) is 5.75 Å². The van der Waals surface area contributed by atoms with E-state index in [0.717, 1.165) is 24.4 Å². The quantitative estimate of drug-likeness (QED) is 0.869. The topological polar surface area (TPSA) is 50.4 Å². The number of amides is 1. The van der Waals surface area contributed by atoms with E-state index in [4.69, 9.17) is 4.74 Å². The summed E-state index contributed by atoms with van der Waals surface area (Å²) >= 11 is 0. The molecule has 104 valence electrons. The zero-order valence-electron chi connectivity index (χ0n) is 11.8. The Morgan fingerprint density at radius 3 is 2.58 bits per heavy atom. The minimum atomic E-state index is 0.0196. The van der Waals surface area contributed by atoms with Gasteiger partial charge in [-0.05, 0) is 37.1 Å². The lowest BCUT2D eigenvalue weighted by Crippen LogP contribution is -2.35. The van der Waals surface area contributed by atoms with Gasteiger partial charge in [0.2, 0.25) is 5.91 Å². The molecule has 1 aliphatic rings. The first-order chi connectivity index (χ1) is 9.11. The Labute approximate surface area is 114 Å². The van der Waals surface area contributed by atoms with Gasteiger partial charge in [0.05, 0.1) is 19.1 Å². The second-order valence-corrected chi connectivity index (χ2v) is 5.25. The number of carbonyl (C=O) groups is 1. The van der Waals surface area contributed by atoms with Crippen LogP contribution in [-0.4, -0.2) is 26.1 Å². The van der Waals surface area contributed by atoms with Crippen LogP contribution in [0.3, 0.4) is 0 Å². The fourth-order valence-electron chi connectivity index (χ4n) is 2.46. The minimum Gasteiger partial charge on any atom is -0.497 e. The molecule has 2 unspecified atom stereocenters. The van der Waals surface area contributed by atoms with Crippen molar-refractivity contribution >= 4 is 5.91 Å². The van der Waals surface area contributed by atoms with Crippen LogP contribution in [0, 0.1) is 11.8 Å². The first-order valence-corrected chi connectivity index (χ1v) is 6.77. The summed E-state index contributed by atoms with van der Waals surface area (Å²) in [5, 5.41) is 6.34. The van der Waals surface area contributed by atoms with Crippen LogP contribution >= 0.6 is 0 Å². The Morgan fingerprint density at radius 2 is 2.05 bits per heavy atom. The molecule has 1 aliphatic heterocycles. The van der Waals surface area contributed by atoms with Crippen molar-refractivity contribution in [2.75, 3.05) is 20.2 Å². The van der Waals surface area contributed by atoms with Crippen molar-refractivity contribution in [3.05, 3.63) is 29.8 Å². The molecule has 0 saturated carbocycles. The van der Waals surface area contributed by atoms with Gasteiger partial charge in [0.25, 0.3) is 0 Å². The number of hydrogen-bond acceptors (Lipinski definition) is 3. The molecule has 1 heterocycles. The molecule has 19 heavy (non-hydrogen) atoms. The van der Waals surface area contributed by atoms with Crippen molar-refractivity contribution in [2.24, 2.45) is 11.8 Å². The summed E-state index contributed by atoms with van der Waals surface area (Å²) in [6, 6.07) is 7.82. The van der Waals surface area contributed by atoms with Crippen LogP contribution in [0.2, 0.25) is 0 Å². The maximum atomic E-state index is 12.2. The minimum absolute atomic E-state index is 0.0196. The Balaban J connectivity index is 1.95. The Hall–Kier alpha value is -1.55. The SMILES string of the molecule is COc1ccc([C@@H](C)NC(=O)C2CNCC2C)cc1. The number of methoxy groups -OCH3 is 1. The smallest absolute Gasteiger partial charge is 0.225 e. The molecule has 2 rings (SSSR count). The van der Waals surface area contributed by atoms with Crippen LogP contribution in [-0.2, 0) is 4.79 Å². The van der Waals surface area contributed by atoms with Crippen LogP contribution in [0.15, 0.2) is 24.3 Å². The van der Waals surface area contributed by atoms with Gasteiger partial charge in [0.15, 0.2) is 0 Å². The highest BCUT2D eigenvalue weighted by Crippen LogP contribution is 2.20. The summed E-state index contributed by atoms with van der Waals surface area (Å²) in [6.45, 7) is 5.83. The lowest BCUT2D eigenvalue weighted by molar-refractivity contribution is -0.126. The molecular formula is C15H22N2O2. The molecular weight excluding hydrogens is 240 g/mol. The molecule has 0 aliphatic carbocycles. The first-order valence-electron chi connectivity index (χ1n) is 6.77. The maximum absolute atomic E-state index is 12.2. The van der Waals surface area contributed by atoms with E-state index >= 15 is 0 Å². The molecule has 1 fully saturated rings. The van der Waals surface area contributed by atoms with Gasteiger partial charge in [-0.25, -0.2) is 0 Å². The fraction of sp³-hybridized carbons (Fsp3) is 0.533. The molecule has 1 saturated heterocycles. The standard InChI is InChI=1S/C15H22N2O2/c1-10-8-16-9-14(10)15(18)17-11(2)12-4-6-13(19-3)7-5-12/h4-7,10-11,14,16H,8-9H2,1-3H3,(H,17,18)/t10?,11-,14?/m1/s1. The number of benzene rings is 1. The van der Waals surface area contributed by atoms with Crippen molar-refractivity contribution in [1.29, 1.82) is 0 Å². The monoisotopic (exact) mass is 262 g/mol. The van der Waals surface area contributed by atoms with E-state index in [1.54, 1.807) is 7.11 Å². The van der Waals surface area contributed by atoms with E-state index in [9.17, 15) is 4.79 Å². The zero-order chi connectivity index (χ0) is 13.8. The van der Waals surface area contributed by atoms with Crippen LogP contribution in [0.1, 0.15) is 25.5 Å². The van der Waals surface area contributed by atoms with Crippen molar-refractivity contribution < 1.29 is 9.53 Å². The van der Waals surface area contributed by atoms with E-state index in [0.29, 0.717) is 5.92 Å². The number of hydrogen-bond donors (Lipinski definition) is 2. The molecule has 1 aromatic carbocycles. The van der Waals surface area contributed by atoms with E-state index in [1.165, 1.54) is 0 Å². The van der Waals surface area contributed by atoms with Gasteiger partial charge in [-0.3, -0.25) is 4.79 Å². The van der Waals surface area contributed by atoms with Gasteiger partial charge in [0, 0.05) is 6.54 Å². The van der Waals surface area contributed by atoms with Crippen molar-refractivity contribution in [3.63, 3.8) is 0 Å². The number of nitrogens with one attached hydrogen (secondary N) is 2. The van der Waals surface area contributed by atoms with E-state index < -0.39 is 0 Å². The van der Waals surface area contributed by atoms with Gasteiger partial charge in [-0.2, -0.15) is 0 Å². The van der Waals surface area contributed by atoms with Crippen molar-refractivity contribution in [1.82, 2.24) is 10.6 Å². The Morgan fingerprint density at radius 1 is 1.37 bits per heavy atom. The summed E-state index contributed by atoms with van der Waals surface area (Å²) in [4.78, 5) is 12.2. The molecule has 4 nitrogen and oxygen atoms in total. The first kappa shape index (κ1) is 13.9. The second kappa shape index (κ2) is 6.06. The van der Waals surface area contributed by atoms with E-state index in [-0.39, 0.29) is 17.9 Å². The summed E-state index contributed by atoms with van der Waals surface area (Å²) in [6.07, 6.45) is 0. The molecule has 4 heteroatoms. The zero-order valence-corrected chi connectivity index (χ0v) is 11.8. The van der Waals surface area contributed by atoms with Gasteiger partial charge in [-0.1, -0.05) is 19.1 Å². The Bertz CT molecular complexity index is 430. The summed E-state index contributed by atoms with van der Waals surface area (Å²) < 4.78 is 5.13. The molecule has 0 spiro atoms. The largest absolute Gasteiger partial charge is 0.497 e. The molecule has 3 atom stereocenters. The molecule has 1 amide bonds. The van der Waals surface area contributed by atoms with Crippen LogP contribution in [0.4, 0.5) is 0 Å². The predicted octanol–water partition coefficient (Wildman–Crippen LogP) is 1.73. The summed E-state index contributed by atoms with van der Waals surface area (Å²) in [7, 11) is 1.65. The lowest BCUT2D eigenvalue weighted by atomic mass is 9.96. The van der Waals surface area contributed by atoms with Crippen LogP contribution in [0.5, 0.6) is 5.75 Å². The van der Waals surface area contributed by atoms with E-state index in [2.05, 4.69) is 17.6 Å². The van der Waals surface area contributed by atoms with E-state index in [1.807, 2.05) is 31.2 Å². The van der Waals surface area contributed by atoms with Crippen molar-refractivity contribution in [2.45, 2.75) is 19.9 Å². The molecule has 2 N–H and O–H groups in total. The average molecular weight is 262 g/mol. The van der Waals surface area contributed by atoms with Gasteiger partial charge < -0.3 is 15.4 Å². The summed E-state index contributed by atoms with van der Waals surface area (Å²) in [5.74, 6) is 1.46. The Kier molecular flexibility index (Phi) is 4.43. The molecule has 0 aromatic heterocycles. The second-order valence-electron chi connectivity index (χ2n) is 5.25. The van der Waals surface area contributed by atoms with Crippen molar-refractivity contribution in [3.8, 4) is 5.75 Å². The highest BCUT2D eigenvalue weighted by atomic mass is 16.5. The third-order valence-corrected chi connectivity index (χ3v) is 3.83. The van der Waals surface area contributed by atoms with Crippen LogP contribution < -0.4 is 15.4 Å². The maximum Gasteiger partial charge on any atom is 0.225 e. The third kappa shape index (κ3) is 3.26. The number of rotatable bonds is 4. The average Bonchev–Trinajstić information content (AvgIpc) is 2.85. The predicted molar refractivity (Wildman–Crippen MR) is 75.1 cm³/mol. The van der Waals surface area contributed by atoms with Crippen LogP contribution in [0.25, 0.3) is 0 Å².